The predicted octanol–water partition coefficient (Wildman–Crippen LogP) is 6.93. The Morgan fingerprint density at radius 3 is 1.32 bits per heavy atom. The van der Waals surface area contributed by atoms with E-state index in [-0.39, 0.29) is 11.8 Å². The van der Waals surface area contributed by atoms with Crippen LogP contribution >= 0.6 is 0 Å². The molecule has 2 heterocycles. The van der Waals surface area contributed by atoms with Gasteiger partial charge in [-0.25, -0.2) is 0 Å². The minimum atomic E-state index is -0.0735. The van der Waals surface area contributed by atoms with Gasteiger partial charge < -0.3 is 24.2 Å². The van der Waals surface area contributed by atoms with Gasteiger partial charge in [-0.05, 0) is 72.8 Å². The third kappa shape index (κ3) is 7.87. The fraction of sp³-hybridized carbons (Fsp3) is 0.267. The summed E-state index contributed by atoms with van der Waals surface area (Å²) in [6.45, 7) is 4.07. The van der Waals surface area contributed by atoms with Crippen LogP contribution in [0.1, 0.15) is 49.7 Å². The number of hydrogen-bond donors (Lipinski definition) is 2. The molecule has 4 rings (SSSR count). The first-order valence-electron chi connectivity index (χ1n) is 12.6. The highest BCUT2D eigenvalue weighted by Gasteiger charge is 2.08. The van der Waals surface area contributed by atoms with Gasteiger partial charge in [-0.2, -0.15) is 0 Å². The maximum Gasteiger partial charge on any atom is 0.224 e. The molecule has 0 aliphatic carbocycles. The third-order valence-electron chi connectivity index (χ3n) is 5.84. The molecule has 0 saturated carbocycles. The van der Waals surface area contributed by atoms with E-state index >= 15 is 0 Å². The second-order valence-electron chi connectivity index (χ2n) is 8.69. The molecule has 2 aromatic heterocycles. The lowest BCUT2D eigenvalue weighted by atomic mass is 10.2. The number of benzene rings is 2. The van der Waals surface area contributed by atoms with Crippen LogP contribution in [0.4, 0.5) is 11.4 Å². The van der Waals surface area contributed by atoms with E-state index in [1.54, 1.807) is 48.5 Å². The summed E-state index contributed by atoms with van der Waals surface area (Å²) in [6.07, 6.45) is 3.50. The summed E-state index contributed by atoms with van der Waals surface area (Å²) < 4.78 is 17.2. The van der Waals surface area contributed by atoms with E-state index in [0.717, 1.165) is 35.9 Å². The molecule has 192 valence electrons. The Kier molecular flexibility index (Phi) is 8.81. The quantitative estimate of drug-likeness (QED) is 0.220. The fourth-order valence-electron chi connectivity index (χ4n) is 3.76. The van der Waals surface area contributed by atoms with Gasteiger partial charge in [0.15, 0.2) is 0 Å². The molecule has 0 spiro atoms. The van der Waals surface area contributed by atoms with Crippen molar-refractivity contribution in [3.63, 3.8) is 0 Å². The summed E-state index contributed by atoms with van der Waals surface area (Å²) in [7, 11) is 0. The van der Waals surface area contributed by atoms with Gasteiger partial charge >= 0.3 is 0 Å². The molecular weight excluding hydrogens is 468 g/mol. The number of furan rings is 2. The van der Waals surface area contributed by atoms with Crippen LogP contribution in [0.5, 0.6) is 11.5 Å². The van der Waals surface area contributed by atoms with Crippen molar-refractivity contribution in [2.24, 2.45) is 0 Å². The minimum absolute atomic E-state index is 0.0735. The van der Waals surface area contributed by atoms with Crippen molar-refractivity contribution in [1.29, 1.82) is 0 Å². The van der Waals surface area contributed by atoms with Crippen molar-refractivity contribution >= 4 is 23.2 Å². The van der Waals surface area contributed by atoms with E-state index < -0.39 is 0 Å². The highest BCUT2D eigenvalue weighted by Crippen LogP contribution is 2.25. The number of rotatable bonds is 12. The Hall–Kier alpha value is -4.26. The monoisotopic (exact) mass is 500 g/mol. The molecule has 4 aromatic rings. The van der Waals surface area contributed by atoms with E-state index in [4.69, 9.17) is 13.6 Å². The van der Waals surface area contributed by atoms with Crippen molar-refractivity contribution in [3.05, 3.63) is 95.8 Å². The highest BCUT2D eigenvalue weighted by molar-refractivity contribution is 5.91. The lowest BCUT2D eigenvalue weighted by molar-refractivity contribution is -0.117. The van der Waals surface area contributed by atoms with Crippen molar-refractivity contribution < 1.29 is 23.2 Å². The van der Waals surface area contributed by atoms with Gasteiger partial charge in [-0.1, -0.05) is 13.8 Å². The molecule has 0 aliphatic rings. The maximum atomic E-state index is 12.3. The molecule has 7 nitrogen and oxygen atoms in total. The van der Waals surface area contributed by atoms with E-state index in [1.165, 1.54) is 0 Å². The maximum absolute atomic E-state index is 12.3. The number of carbonyl (C=O) groups is 2. The Balaban J connectivity index is 1.20. The van der Waals surface area contributed by atoms with Gasteiger partial charge in [0.1, 0.15) is 34.5 Å². The van der Waals surface area contributed by atoms with Crippen molar-refractivity contribution in [3.8, 4) is 11.5 Å². The zero-order valence-corrected chi connectivity index (χ0v) is 21.2. The number of nitrogens with one attached hydrogen (secondary N) is 2. The van der Waals surface area contributed by atoms with E-state index in [0.29, 0.717) is 48.6 Å². The first kappa shape index (κ1) is 25.8. The van der Waals surface area contributed by atoms with Gasteiger partial charge in [0.05, 0.1) is 0 Å². The third-order valence-corrected chi connectivity index (χ3v) is 5.84. The number of aryl methyl sites for hydroxylation is 4. The van der Waals surface area contributed by atoms with Crippen LogP contribution < -0.4 is 15.4 Å². The SMILES string of the molecule is CCc1ccc(CCC(=O)Nc2ccc(Oc3ccc(NC(=O)CCc4ccc(CC)o4)cc3)cc2)o1. The number of anilines is 2. The summed E-state index contributed by atoms with van der Waals surface area (Å²) in [5, 5.41) is 5.78. The number of carbonyl (C=O) groups excluding carboxylic acids is 2. The minimum Gasteiger partial charge on any atom is -0.466 e. The summed E-state index contributed by atoms with van der Waals surface area (Å²) in [6, 6.07) is 22.1. The lowest BCUT2D eigenvalue weighted by Crippen LogP contribution is -2.12. The van der Waals surface area contributed by atoms with Crippen molar-refractivity contribution in [2.45, 2.75) is 52.4 Å². The molecule has 0 fully saturated rings. The summed E-state index contributed by atoms with van der Waals surface area (Å²) >= 11 is 0. The summed E-state index contributed by atoms with van der Waals surface area (Å²) in [5.74, 6) is 4.63. The normalized spacial score (nSPS) is 10.8. The first-order valence-corrected chi connectivity index (χ1v) is 12.6. The van der Waals surface area contributed by atoms with Crippen LogP contribution in [0.3, 0.4) is 0 Å². The predicted molar refractivity (Wildman–Crippen MR) is 143 cm³/mol. The van der Waals surface area contributed by atoms with Gasteiger partial charge in [0.2, 0.25) is 11.8 Å². The molecule has 2 N–H and O–H groups in total. The molecule has 0 saturated heterocycles. The molecule has 0 aliphatic heterocycles. The second-order valence-corrected chi connectivity index (χ2v) is 8.69. The van der Waals surface area contributed by atoms with Crippen LogP contribution in [0, 0.1) is 0 Å². The molecule has 0 bridgehead atoms. The topological polar surface area (TPSA) is 93.7 Å². The van der Waals surface area contributed by atoms with Crippen LogP contribution in [0.25, 0.3) is 0 Å². The molecule has 37 heavy (non-hydrogen) atoms. The lowest BCUT2D eigenvalue weighted by Gasteiger charge is -2.09. The second kappa shape index (κ2) is 12.6. The molecule has 0 atom stereocenters. The Labute approximate surface area is 216 Å². The number of hydrogen-bond acceptors (Lipinski definition) is 5. The molecule has 7 heteroatoms. The van der Waals surface area contributed by atoms with Crippen LogP contribution in [-0.4, -0.2) is 11.8 Å². The molecule has 0 radical (unpaired) electrons. The standard InChI is InChI=1S/C30H32N2O5/c1-3-23-13-15-27(35-23)17-19-29(33)31-21-5-9-25(10-6-21)37-26-11-7-22(8-12-26)32-30(34)20-18-28-16-14-24(4-2)36-28/h5-16H,3-4,17-20H2,1-2H3,(H,31,33)(H,32,34). The van der Waals surface area contributed by atoms with Gasteiger partial charge in [0.25, 0.3) is 0 Å². The van der Waals surface area contributed by atoms with Gasteiger partial charge in [-0.3, -0.25) is 9.59 Å². The summed E-state index contributed by atoms with van der Waals surface area (Å²) in [4.78, 5) is 24.5. The molecule has 0 unspecified atom stereocenters. The largest absolute Gasteiger partial charge is 0.466 e. The van der Waals surface area contributed by atoms with E-state index in [2.05, 4.69) is 10.6 Å². The smallest absolute Gasteiger partial charge is 0.224 e. The highest BCUT2D eigenvalue weighted by atomic mass is 16.5. The van der Waals surface area contributed by atoms with Gasteiger partial charge in [0, 0.05) is 49.9 Å². The zero-order valence-electron chi connectivity index (χ0n) is 21.2. The average molecular weight is 501 g/mol. The zero-order chi connectivity index (χ0) is 26.0. The summed E-state index contributed by atoms with van der Waals surface area (Å²) in [5.41, 5.74) is 1.40. The van der Waals surface area contributed by atoms with E-state index in [9.17, 15) is 9.59 Å². The van der Waals surface area contributed by atoms with Crippen LogP contribution in [-0.2, 0) is 35.3 Å². The molecule has 2 aromatic carbocycles. The fourth-order valence-corrected chi connectivity index (χ4v) is 3.76. The Morgan fingerprint density at radius 1 is 0.595 bits per heavy atom. The Morgan fingerprint density at radius 2 is 0.973 bits per heavy atom. The number of amides is 2. The van der Waals surface area contributed by atoms with Crippen molar-refractivity contribution in [2.75, 3.05) is 10.6 Å². The van der Waals surface area contributed by atoms with Crippen LogP contribution in [0.15, 0.2) is 81.6 Å². The number of ether oxygens (including phenoxy) is 1. The first-order chi connectivity index (χ1) is 18.0. The Bertz CT molecular complexity index is 1200. The van der Waals surface area contributed by atoms with Crippen LogP contribution in [0.2, 0.25) is 0 Å². The van der Waals surface area contributed by atoms with Crippen molar-refractivity contribution in [1.82, 2.24) is 0 Å². The van der Waals surface area contributed by atoms with E-state index in [1.807, 2.05) is 38.1 Å². The molecular formula is C30H32N2O5. The average Bonchev–Trinajstić information content (AvgIpc) is 3.58. The molecule has 2 amide bonds. The van der Waals surface area contributed by atoms with Gasteiger partial charge in [-0.15, -0.1) is 0 Å².